The van der Waals surface area contributed by atoms with Gasteiger partial charge < -0.3 is 4.40 Å². The highest BCUT2D eigenvalue weighted by Gasteiger charge is 2.22. The zero-order chi connectivity index (χ0) is 15.9. The Balaban J connectivity index is 2.33. The Morgan fingerprint density at radius 2 is 1.78 bits per heavy atom. The summed E-state index contributed by atoms with van der Waals surface area (Å²) in [6.07, 6.45) is 4.13. The fourth-order valence-corrected chi connectivity index (χ4v) is 4.11. The van der Waals surface area contributed by atoms with Crippen molar-refractivity contribution < 1.29 is 4.57 Å². The lowest BCUT2D eigenvalue weighted by Crippen LogP contribution is -2.30. The number of nitrogens with zero attached hydrogens (tertiary/aromatic N) is 3. The standard InChI is InChI=1S/C20H18N3/c1-11-9-12(2)18-16(13(11)3)20-17-15(21-10-22(20)4)6-5-14-7-8-23(18)19(14)17/h5-10H,1-4H3/q+1. The van der Waals surface area contributed by atoms with Crippen LogP contribution in [0.3, 0.4) is 0 Å². The smallest absolute Gasteiger partial charge is 0.287 e. The average molecular weight is 300 g/mol. The van der Waals surface area contributed by atoms with Gasteiger partial charge in [-0.3, -0.25) is 0 Å². The van der Waals surface area contributed by atoms with Crippen LogP contribution in [-0.4, -0.2) is 9.38 Å². The molecule has 0 unspecified atom stereocenters. The van der Waals surface area contributed by atoms with Crippen LogP contribution in [0.15, 0.2) is 36.8 Å². The minimum absolute atomic E-state index is 1.06. The highest BCUT2D eigenvalue weighted by atomic mass is 15.0. The summed E-state index contributed by atoms with van der Waals surface area (Å²) in [6.45, 7) is 6.64. The quantitative estimate of drug-likeness (QED) is 0.241. The van der Waals surface area contributed by atoms with Gasteiger partial charge >= 0.3 is 0 Å². The van der Waals surface area contributed by atoms with Crippen LogP contribution in [0.4, 0.5) is 0 Å². The van der Waals surface area contributed by atoms with Crippen molar-refractivity contribution in [2.75, 3.05) is 0 Å². The second-order valence-corrected chi connectivity index (χ2v) is 6.65. The molecule has 23 heavy (non-hydrogen) atoms. The molecule has 3 heteroatoms. The number of rotatable bonds is 0. The maximum absolute atomic E-state index is 4.64. The molecule has 0 N–H and O–H groups in total. The van der Waals surface area contributed by atoms with Crippen molar-refractivity contribution >= 4 is 38.2 Å². The first-order valence-electron chi connectivity index (χ1n) is 7.98. The van der Waals surface area contributed by atoms with Crippen molar-refractivity contribution in [1.82, 2.24) is 9.38 Å². The van der Waals surface area contributed by atoms with Gasteiger partial charge in [0.25, 0.3) is 6.33 Å². The molecule has 0 aliphatic carbocycles. The van der Waals surface area contributed by atoms with Crippen molar-refractivity contribution in [3.63, 3.8) is 0 Å². The van der Waals surface area contributed by atoms with Gasteiger partial charge in [0.2, 0.25) is 0 Å². The molecule has 0 radical (unpaired) electrons. The number of hydrogen-bond acceptors (Lipinski definition) is 1. The molecular weight excluding hydrogens is 282 g/mol. The highest BCUT2D eigenvalue weighted by molar-refractivity contribution is 6.20. The van der Waals surface area contributed by atoms with E-state index in [4.69, 9.17) is 0 Å². The van der Waals surface area contributed by atoms with Gasteiger partial charge in [0.05, 0.1) is 23.5 Å². The van der Waals surface area contributed by atoms with Crippen LogP contribution in [0, 0.1) is 20.8 Å². The van der Waals surface area contributed by atoms with E-state index >= 15 is 0 Å². The number of aromatic nitrogens is 3. The van der Waals surface area contributed by atoms with Gasteiger partial charge in [0, 0.05) is 17.0 Å². The summed E-state index contributed by atoms with van der Waals surface area (Å²) in [5.74, 6) is 0. The summed E-state index contributed by atoms with van der Waals surface area (Å²) in [7, 11) is 2.10. The molecule has 3 nitrogen and oxygen atoms in total. The van der Waals surface area contributed by atoms with E-state index in [0.717, 1.165) is 5.52 Å². The van der Waals surface area contributed by atoms with Crippen LogP contribution >= 0.6 is 0 Å². The zero-order valence-corrected chi connectivity index (χ0v) is 13.8. The van der Waals surface area contributed by atoms with Crippen molar-refractivity contribution in [1.29, 1.82) is 0 Å². The van der Waals surface area contributed by atoms with E-state index in [-0.39, 0.29) is 0 Å². The van der Waals surface area contributed by atoms with E-state index in [1.807, 2.05) is 6.33 Å². The summed E-state index contributed by atoms with van der Waals surface area (Å²) in [4.78, 5) is 4.64. The molecule has 3 heterocycles. The zero-order valence-electron chi connectivity index (χ0n) is 13.8. The molecule has 0 atom stereocenters. The van der Waals surface area contributed by atoms with Crippen molar-refractivity contribution in [3.05, 3.63) is 53.5 Å². The van der Waals surface area contributed by atoms with Crippen molar-refractivity contribution in [2.45, 2.75) is 20.8 Å². The van der Waals surface area contributed by atoms with Crippen LogP contribution < -0.4 is 4.57 Å². The maximum Gasteiger partial charge on any atom is 0.287 e. The van der Waals surface area contributed by atoms with Gasteiger partial charge in [-0.2, -0.15) is 0 Å². The molecule has 0 amide bonds. The molecule has 0 aliphatic rings. The summed E-state index contributed by atoms with van der Waals surface area (Å²) < 4.78 is 4.52. The number of fused-ring (bicyclic) bond motifs is 3. The van der Waals surface area contributed by atoms with Crippen LogP contribution in [0.25, 0.3) is 38.2 Å². The fourth-order valence-electron chi connectivity index (χ4n) is 4.11. The molecule has 112 valence electrons. The lowest BCUT2D eigenvalue weighted by Gasteiger charge is -2.15. The Morgan fingerprint density at radius 1 is 0.957 bits per heavy atom. The molecule has 2 aromatic carbocycles. The number of benzene rings is 2. The molecule has 0 spiro atoms. The third-order valence-corrected chi connectivity index (χ3v) is 5.28. The van der Waals surface area contributed by atoms with Crippen LogP contribution in [0.5, 0.6) is 0 Å². The Hall–Kier alpha value is -2.68. The first-order valence-corrected chi connectivity index (χ1v) is 7.98. The second kappa shape index (κ2) is 3.99. The predicted octanol–water partition coefficient (Wildman–Crippen LogP) is 3.98. The minimum Gasteiger partial charge on any atom is -0.315 e. The third kappa shape index (κ3) is 1.40. The van der Waals surface area contributed by atoms with Crippen LogP contribution in [0.1, 0.15) is 16.7 Å². The summed E-state index contributed by atoms with van der Waals surface area (Å²) >= 11 is 0. The van der Waals surface area contributed by atoms with Gasteiger partial charge in [-0.05, 0) is 60.6 Å². The van der Waals surface area contributed by atoms with E-state index in [1.165, 1.54) is 49.4 Å². The van der Waals surface area contributed by atoms with Gasteiger partial charge in [-0.1, -0.05) is 6.07 Å². The van der Waals surface area contributed by atoms with E-state index in [9.17, 15) is 0 Å². The minimum atomic E-state index is 1.06. The van der Waals surface area contributed by atoms with Gasteiger partial charge in [-0.15, -0.1) is 0 Å². The number of pyridine rings is 1. The second-order valence-electron chi connectivity index (χ2n) is 6.65. The molecular formula is C20H18N3+. The first-order chi connectivity index (χ1) is 11.1. The van der Waals surface area contributed by atoms with E-state index in [0.29, 0.717) is 0 Å². The molecule has 5 aromatic rings. The number of hydrogen-bond donors (Lipinski definition) is 0. The molecule has 0 saturated carbocycles. The van der Waals surface area contributed by atoms with Crippen LogP contribution in [0.2, 0.25) is 0 Å². The fraction of sp³-hybridized carbons (Fsp3) is 0.200. The van der Waals surface area contributed by atoms with Crippen molar-refractivity contribution in [2.24, 2.45) is 7.05 Å². The number of aryl methyl sites for hydroxylation is 4. The van der Waals surface area contributed by atoms with E-state index in [1.54, 1.807) is 0 Å². The molecule has 3 aromatic heterocycles. The topological polar surface area (TPSA) is 21.2 Å². The third-order valence-electron chi connectivity index (χ3n) is 5.28. The van der Waals surface area contributed by atoms with Crippen LogP contribution in [-0.2, 0) is 7.05 Å². The van der Waals surface area contributed by atoms with E-state index < -0.39 is 0 Å². The Kier molecular flexibility index (Phi) is 2.22. The Labute approximate surface area is 134 Å². The molecule has 0 aliphatic heterocycles. The lowest BCUT2D eigenvalue weighted by molar-refractivity contribution is -0.646. The normalized spacial score (nSPS) is 12.3. The van der Waals surface area contributed by atoms with Gasteiger partial charge in [0.15, 0.2) is 5.52 Å². The first kappa shape index (κ1) is 12.8. The van der Waals surface area contributed by atoms with Gasteiger partial charge in [0.1, 0.15) is 5.52 Å². The SMILES string of the molecule is Cc1cc(C)c2c(c1C)c1c3c(ccc4ccn2c43)nc[n+]1C. The molecule has 0 saturated heterocycles. The molecule has 0 bridgehead atoms. The summed E-state index contributed by atoms with van der Waals surface area (Å²) in [5.41, 5.74) is 8.95. The Bertz CT molecular complexity index is 1240. The monoisotopic (exact) mass is 300 g/mol. The van der Waals surface area contributed by atoms with Gasteiger partial charge in [-0.25, -0.2) is 4.57 Å². The largest absolute Gasteiger partial charge is 0.315 e. The molecule has 5 rings (SSSR count). The molecule has 0 fully saturated rings. The lowest BCUT2D eigenvalue weighted by atomic mass is 9.96. The predicted molar refractivity (Wildman–Crippen MR) is 94.3 cm³/mol. The average Bonchev–Trinajstić information content (AvgIpc) is 2.96. The van der Waals surface area contributed by atoms with Crippen molar-refractivity contribution in [3.8, 4) is 0 Å². The summed E-state index contributed by atoms with van der Waals surface area (Å²) in [5, 5.41) is 3.88. The van der Waals surface area contributed by atoms with E-state index in [2.05, 4.69) is 72.2 Å². The highest BCUT2D eigenvalue weighted by Crippen LogP contribution is 2.37. The summed E-state index contributed by atoms with van der Waals surface area (Å²) in [6, 6.07) is 8.81. The Morgan fingerprint density at radius 3 is 2.61 bits per heavy atom. The maximum atomic E-state index is 4.64.